The molecule has 0 aliphatic heterocycles. The van der Waals surface area contributed by atoms with E-state index in [1.807, 2.05) is 6.07 Å². The molecule has 0 spiro atoms. The SMILES string of the molecule is NC(=S)c1ccc(-n2cncn2)cc1Cl. The lowest BCUT2D eigenvalue weighted by Crippen LogP contribution is -2.10. The fraction of sp³-hybridized carbons (Fsp3) is 0. The van der Waals surface area contributed by atoms with Crippen LogP contribution in [0.4, 0.5) is 0 Å². The van der Waals surface area contributed by atoms with Gasteiger partial charge < -0.3 is 5.73 Å². The molecule has 6 heteroatoms. The van der Waals surface area contributed by atoms with Crippen molar-refractivity contribution in [2.45, 2.75) is 0 Å². The molecule has 0 fully saturated rings. The number of thiocarbonyl (C=S) groups is 1. The zero-order valence-electron chi connectivity index (χ0n) is 7.59. The molecule has 0 amide bonds. The molecule has 0 aliphatic rings. The maximum Gasteiger partial charge on any atom is 0.138 e. The van der Waals surface area contributed by atoms with E-state index in [0.29, 0.717) is 10.6 Å². The first-order valence-electron chi connectivity index (χ1n) is 4.13. The minimum Gasteiger partial charge on any atom is -0.389 e. The van der Waals surface area contributed by atoms with Gasteiger partial charge in [0, 0.05) is 5.56 Å². The molecule has 0 aliphatic carbocycles. The molecule has 0 saturated heterocycles. The van der Waals surface area contributed by atoms with Gasteiger partial charge in [0.1, 0.15) is 17.6 Å². The Morgan fingerprint density at radius 2 is 2.27 bits per heavy atom. The summed E-state index contributed by atoms with van der Waals surface area (Å²) in [5.41, 5.74) is 6.98. The van der Waals surface area contributed by atoms with Crippen molar-refractivity contribution in [1.29, 1.82) is 0 Å². The Kier molecular flexibility index (Phi) is 2.66. The lowest BCUT2D eigenvalue weighted by atomic mass is 10.2. The highest BCUT2D eigenvalue weighted by Gasteiger charge is 2.05. The summed E-state index contributed by atoms with van der Waals surface area (Å²) < 4.78 is 1.61. The van der Waals surface area contributed by atoms with Crippen molar-refractivity contribution >= 4 is 28.8 Å². The average Bonchev–Trinajstić information content (AvgIpc) is 2.69. The van der Waals surface area contributed by atoms with E-state index >= 15 is 0 Å². The van der Waals surface area contributed by atoms with Crippen molar-refractivity contribution in [3.8, 4) is 5.69 Å². The maximum atomic E-state index is 6.01. The van der Waals surface area contributed by atoms with Gasteiger partial charge in [0.25, 0.3) is 0 Å². The van der Waals surface area contributed by atoms with Crippen LogP contribution in [0.2, 0.25) is 5.02 Å². The summed E-state index contributed by atoms with van der Waals surface area (Å²) in [4.78, 5) is 4.13. The molecule has 0 bridgehead atoms. The second-order valence-electron chi connectivity index (χ2n) is 2.87. The summed E-state index contributed by atoms with van der Waals surface area (Å²) >= 11 is 10.9. The first-order valence-corrected chi connectivity index (χ1v) is 4.91. The summed E-state index contributed by atoms with van der Waals surface area (Å²) in [5, 5.41) is 4.49. The highest BCUT2D eigenvalue weighted by molar-refractivity contribution is 7.80. The van der Waals surface area contributed by atoms with Gasteiger partial charge in [-0.05, 0) is 18.2 Å². The van der Waals surface area contributed by atoms with Crippen molar-refractivity contribution in [2.24, 2.45) is 5.73 Å². The molecule has 1 aromatic carbocycles. The largest absolute Gasteiger partial charge is 0.389 e. The van der Waals surface area contributed by atoms with Crippen molar-refractivity contribution in [1.82, 2.24) is 14.8 Å². The van der Waals surface area contributed by atoms with E-state index in [1.54, 1.807) is 23.1 Å². The van der Waals surface area contributed by atoms with Crippen LogP contribution < -0.4 is 5.73 Å². The zero-order chi connectivity index (χ0) is 10.8. The van der Waals surface area contributed by atoms with Gasteiger partial charge in [0.2, 0.25) is 0 Å². The molecule has 15 heavy (non-hydrogen) atoms. The number of benzene rings is 1. The smallest absolute Gasteiger partial charge is 0.138 e. The predicted octanol–water partition coefficient (Wildman–Crippen LogP) is 1.55. The number of aromatic nitrogens is 3. The number of hydrogen-bond acceptors (Lipinski definition) is 3. The quantitative estimate of drug-likeness (QED) is 0.807. The van der Waals surface area contributed by atoms with E-state index in [9.17, 15) is 0 Å². The molecule has 2 aromatic rings. The Hall–Kier alpha value is -1.46. The molecule has 76 valence electrons. The third kappa shape index (κ3) is 1.98. The molecular formula is C9H7ClN4S. The molecule has 1 aromatic heterocycles. The fourth-order valence-corrected chi connectivity index (χ4v) is 1.70. The number of halogens is 1. The molecule has 2 rings (SSSR count). The van der Waals surface area contributed by atoms with Gasteiger partial charge in [0.15, 0.2) is 0 Å². The van der Waals surface area contributed by atoms with Crippen LogP contribution in [0.25, 0.3) is 5.69 Å². The van der Waals surface area contributed by atoms with Crippen LogP contribution in [-0.2, 0) is 0 Å². The maximum absolute atomic E-state index is 6.01. The second kappa shape index (κ2) is 3.96. The molecule has 4 nitrogen and oxygen atoms in total. The van der Waals surface area contributed by atoms with Gasteiger partial charge in [-0.1, -0.05) is 23.8 Å². The lowest BCUT2D eigenvalue weighted by Gasteiger charge is -2.05. The Labute approximate surface area is 96.7 Å². The Morgan fingerprint density at radius 1 is 1.47 bits per heavy atom. The second-order valence-corrected chi connectivity index (χ2v) is 3.72. The molecule has 0 atom stereocenters. The van der Waals surface area contributed by atoms with Gasteiger partial charge >= 0.3 is 0 Å². The Bertz CT molecular complexity index is 495. The first kappa shape index (κ1) is 10.1. The van der Waals surface area contributed by atoms with Gasteiger partial charge in [-0.15, -0.1) is 0 Å². The van der Waals surface area contributed by atoms with Gasteiger partial charge in [-0.3, -0.25) is 0 Å². The minimum absolute atomic E-state index is 0.283. The summed E-state index contributed by atoms with van der Waals surface area (Å²) in [6.07, 6.45) is 3.04. The van der Waals surface area contributed by atoms with E-state index in [1.165, 1.54) is 6.33 Å². The molecule has 0 radical (unpaired) electrons. The third-order valence-electron chi connectivity index (χ3n) is 1.90. The fourth-order valence-electron chi connectivity index (χ4n) is 1.19. The molecule has 1 heterocycles. The van der Waals surface area contributed by atoms with Crippen LogP contribution in [0.3, 0.4) is 0 Å². The number of nitrogens with zero attached hydrogens (tertiary/aromatic N) is 3. The normalized spacial score (nSPS) is 10.2. The van der Waals surface area contributed by atoms with Gasteiger partial charge in [-0.25, -0.2) is 9.67 Å². The Morgan fingerprint density at radius 3 is 2.80 bits per heavy atom. The first-order chi connectivity index (χ1) is 7.18. The number of nitrogens with two attached hydrogens (primary N) is 1. The summed E-state index contributed by atoms with van der Waals surface area (Å²) in [6.45, 7) is 0. The zero-order valence-corrected chi connectivity index (χ0v) is 9.16. The molecule has 0 saturated carbocycles. The van der Waals surface area contributed by atoms with Crippen molar-refractivity contribution in [3.05, 3.63) is 41.4 Å². The average molecular weight is 239 g/mol. The monoisotopic (exact) mass is 238 g/mol. The van der Waals surface area contributed by atoms with Crippen LogP contribution in [0.5, 0.6) is 0 Å². The predicted molar refractivity (Wildman–Crippen MR) is 62.3 cm³/mol. The molecule has 0 unspecified atom stereocenters. The van der Waals surface area contributed by atoms with E-state index in [-0.39, 0.29) is 4.99 Å². The number of rotatable bonds is 2. The summed E-state index contributed by atoms with van der Waals surface area (Å²) in [5.74, 6) is 0. The van der Waals surface area contributed by atoms with Gasteiger partial charge in [0.05, 0.1) is 10.7 Å². The van der Waals surface area contributed by atoms with Crippen molar-refractivity contribution in [2.75, 3.05) is 0 Å². The third-order valence-corrected chi connectivity index (χ3v) is 2.43. The molecule has 2 N–H and O–H groups in total. The van der Waals surface area contributed by atoms with Crippen LogP contribution in [0, 0.1) is 0 Å². The van der Waals surface area contributed by atoms with Crippen LogP contribution in [-0.4, -0.2) is 19.8 Å². The highest BCUT2D eigenvalue weighted by atomic mass is 35.5. The van der Waals surface area contributed by atoms with Crippen molar-refractivity contribution in [3.63, 3.8) is 0 Å². The van der Waals surface area contributed by atoms with E-state index < -0.39 is 0 Å². The van der Waals surface area contributed by atoms with Crippen LogP contribution in [0.15, 0.2) is 30.9 Å². The highest BCUT2D eigenvalue weighted by Crippen LogP contribution is 2.19. The van der Waals surface area contributed by atoms with E-state index in [4.69, 9.17) is 29.6 Å². The Balaban J connectivity index is 2.47. The number of hydrogen-bond donors (Lipinski definition) is 1. The topological polar surface area (TPSA) is 56.7 Å². The standard InChI is InChI=1S/C9H7ClN4S/c10-8-3-6(14-5-12-4-13-14)1-2-7(8)9(11)15/h1-5H,(H2,11,15). The van der Waals surface area contributed by atoms with Crippen molar-refractivity contribution < 1.29 is 0 Å². The summed E-state index contributed by atoms with van der Waals surface area (Å²) in [7, 11) is 0. The minimum atomic E-state index is 0.283. The van der Waals surface area contributed by atoms with Crippen LogP contribution >= 0.6 is 23.8 Å². The van der Waals surface area contributed by atoms with Gasteiger partial charge in [-0.2, -0.15) is 5.10 Å². The van der Waals surface area contributed by atoms with E-state index in [2.05, 4.69) is 10.1 Å². The lowest BCUT2D eigenvalue weighted by molar-refractivity contribution is 0.879. The molecular weight excluding hydrogens is 232 g/mol. The van der Waals surface area contributed by atoms with Crippen LogP contribution in [0.1, 0.15) is 5.56 Å². The summed E-state index contributed by atoms with van der Waals surface area (Å²) in [6, 6.07) is 5.33. The van der Waals surface area contributed by atoms with E-state index in [0.717, 1.165) is 5.69 Å².